The molecule has 0 spiro atoms. The molecule has 2 rings (SSSR count). The molecule has 128 valence electrons. The van der Waals surface area contributed by atoms with Crippen molar-refractivity contribution in [1.82, 2.24) is 20.6 Å². The second-order valence-corrected chi connectivity index (χ2v) is 6.43. The number of amides is 3. The molecule has 0 fully saturated rings. The van der Waals surface area contributed by atoms with Crippen LogP contribution in [0.4, 0.5) is 4.79 Å². The van der Waals surface area contributed by atoms with Crippen LogP contribution < -0.4 is 10.6 Å². The van der Waals surface area contributed by atoms with Crippen LogP contribution in [-0.2, 0) is 14.3 Å². The summed E-state index contributed by atoms with van der Waals surface area (Å²) in [4.78, 5) is 43.5. The lowest BCUT2D eigenvalue weighted by Gasteiger charge is -2.06. The van der Waals surface area contributed by atoms with Gasteiger partial charge in [-0.15, -0.1) is 11.3 Å². The minimum Gasteiger partial charge on any atom is -0.455 e. The molecular formula is C14H16N4O4S2. The fourth-order valence-electron chi connectivity index (χ4n) is 1.64. The molecule has 0 aromatic carbocycles. The Balaban J connectivity index is 1.73. The molecule has 0 radical (unpaired) electrons. The topological polar surface area (TPSA) is 110 Å². The van der Waals surface area contributed by atoms with E-state index in [1.54, 1.807) is 0 Å². The first-order valence-electron chi connectivity index (χ1n) is 7.14. The third-order valence-corrected chi connectivity index (χ3v) is 4.50. The van der Waals surface area contributed by atoms with Crippen LogP contribution in [0.5, 0.6) is 0 Å². The summed E-state index contributed by atoms with van der Waals surface area (Å²) < 4.78 is 4.83. The molecule has 8 nitrogen and oxygen atoms in total. The third kappa shape index (κ3) is 5.46. The van der Waals surface area contributed by atoms with Crippen molar-refractivity contribution >= 4 is 51.2 Å². The van der Waals surface area contributed by atoms with Gasteiger partial charge >= 0.3 is 12.0 Å². The first kappa shape index (κ1) is 18.1. The lowest BCUT2D eigenvalue weighted by Crippen LogP contribution is -2.41. The van der Waals surface area contributed by atoms with E-state index in [0.717, 1.165) is 16.6 Å². The number of imide groups is 1. The van der Waals surface area contributed by atoms with Crippen molar-refractivity contribution in [3.63, 3.8) is 0 Å². The lowest BCUT2D eigenvalue weighted by molar-refractivity contribution is -0.145. The molecule has 0 unspecified atom stereocenters. The van der Waals surface area contributed by atoms with Gasteiger partial charge in [-0.3, -0.25) is 14.9 Å². The summed E-state index contributed by atoms with van der Waals surface area (Å²) in [5.41, 5.74) is 0. The first-order valence-corrected chi connectivity index (χ1v) is 9.01. The van der Waals surface area contributed by atoms with Crippen molar-refractivity contribution in [1.29, 1.82) is 0 Å². The minimum atomic E-state index is -0.677. The number of nitrogens with zero attached hydrogens (tertiary/aromatic N) is 2. The third-order valence-electron chi connectivity index (χ3n) is 2.70. The monoisotopic (exact) mass is 368 g/mol. The van der Waals surface area contributed by atoms with Crippen LogP contribution in [0, 0.1) is 0 Å². The number of thiophene rings is 1. The Morgan fingerprint density at radius 2 is 2.17 bits per heavy atom. The second kappa shape index (κ2) is 9.18. The molecule has 0 atom stereocenters. The summed E-state index contributed by atoms with van der Waals surface area (Å²) in [6, 6.07) is 1.28. The highest BCUT2D eigenvalue weighted by atomic mass is 32.2. The maximum atomic E-state index is 11.7. The van der Waals surface area contributed by atoms with Gasteiger partial charge in [0.1, 0.15) is 16.2 Å². The van der Waals surface area contributed by atoms with Gasteiger partial charge in [0.2, 0.25) is 0 Å². The highest BCUT2D eigenvalue weighted by molar-refractivity contribution is 8.00. The number of esters is 1. The Morgan fingerprint density at radius 1 is 1.33 bits per heavy atom. The molecule has 2 aromatic rings. The number of carbonyl (C=O) groups excluding carboxylic acids is 3. The summed E-state index contributed by atoms with van der Waals surface area (Å²) in [6.45, 7) is 1.85. The number of rotatable bonds is 7. The van der Waals surface area contributed by atoms with E-state index in [1.807, 2.05) is 18.4 Å². The Labute approximate surface area is 146 Å². The van der Waals surface area contributed by atoms with Crippen molar-refractivity contribution in [3.8, 4) is 0 Å². The number of urea groups is 1. The maximum absolute atomic E-state index is 11.7. The van der Waals surface area contributed by atoms with Gasteiger partial charge in [0.05, 0.1) is 5.75 Å². The molecule has 0 aliphatic rings. The summed E-state index contributed by atoms with van der Waals surface area (Å²) in [5, 5.41) is 8.02. The van der Waals surface area contributed by atoms with E-state index >= 15 is 0 Å². The van der Waals surface area contributed by atoms with Crippen molar-refractivity contribution in [2.24, 2.45) is 0 Å². The number of hydrogen-bond acceptors (Lipinski definition) is 8. The average molecular weight is 368 g/mol. The Hall–Kier alpha value is -2.20. The fraction of sp³-hybridized carbons (Fsp3) is 0.357. The van der Waals surface area contributed by atoms with Crippen molar-refractivity contribution < 1.29 is 19.1 Å². The van der Waals surface area contributed by atoms with Gasteiger partial charge in [0, 0.05) is 11.9 Å². The maximum Gasteiger partial charge on any atom is 0.321 e. The van der Waals surface area contributed by atoms with Crippen molar-refractivity contribution in [3.05, 3.63) is 17.8 Å². The molecule has 2 heterocycles. The van der Waals surface area contributed by atoms with Crippen LogP contribution in [-0.4, -0.2) is 46.8 Å². The zero-order valence-corrected chi connectivity index (χ0v) is 14.5. The van der Waals surface area contributed by atoms with E-state index in [9.17, 15) is 14.4 Å². The summed E-state index contributed by atoms with van der Waals surface area (Å²) >= 11 is 2.70. The smallest absolute Gasteiger partial charge is 0.321 e. The van der Waals surface area contributed by atoms with Gasteiger partial charge in [-0.25, -0.2) is 14.8 Å². The van der Waals surface area contributed by atoms with Gasteiger partial charge in [-0.05, 0) is 17.9 Å². The van der Waals surface area contributed by atoms with Crippen LogP contribution in [0.3, 0.4) is 0 Å². The number of ether oxygens (including phenoxy) is 1. The predicted molar refractivity (Wildman–Crippen MR) is 90.9 cm³/mol. The fourth-order valence-corrected chi connectivity index (χ4v) is 3.22. The van der Waals surface area contributed by atoms with E-state index in [0.29, 0.717) is 11.6 Å². The lowest BCUT2D eigenvalue weighted by atomic mass is 10.4. The van der Waals surface area contributed by atoms with Gasteiger partial charge < -0.3 is 10.1 Å². The van der Waals surface area contributed by atoms with E-state index in [4.69, 9.17) is 4.74 Å². The first-order chi connectivity index (χ1) is 11.6. The molecule has 2 aromatic heterocycles. The Morgan fingerprint density at radius 3 is 2.96 bits per heavy atom. The zero-order chi connectivity index (χ0) is 17.4. The van der Waals surface area contributed by atoms with E-state index in [1.165, 1.54) is 29.4 Å². The van der Waals surface area contributed by atoms with Gasteiger partial charge in [0.25, 0.3) is 5.91 Å². The predicted octanol–water partition coefficient (Wildman–Crippen LogP) is 1.56. The van der Waals surface area contributed by atoms with Gasteiger partial charge in [0.15, 0.2) is 6.61 Å². The highest BCUT2D eigenvalue weighted by Crippen LogP contribution is 2.27. The standard InChI is InChI=1S/C14H16N4O4S2/c1-2-4-15-14(21)18-10(19)6-22-11(20)7-24-13-9-3-5-23-12(9)16-8-17-13/h3,5,8H,2,4,6-7H2,1H3,(H2,15,18,19,21). The van der Waals surface area contributed by atoms with Crippen LogP contribution in [0.2, 0.25) is 0 Å². The van der Waals surface area contributed by atoms with Crippen LogP contribution in [0.15, 0.2) is 22.8 Å². The number of thioether (sulfide) groups is 1. The quantitative estimate of drug-likeness (QED) is 0.433. The highest BCUT2D eigenvalue weighted by Gasteiger charge is 2.12. The molecule has 0 bridgehead atoms. The van der Waals surface area contributed by atoms with E-state index in [2.05, 4.69) is 20.6 Å². The molecule has 0 saturated heterocycles. The second-order valence-electron chi connectivity index (χ2n) is 4.57. The molecular weight excluding hydrogens is 352 g/mol. The normalized spacial score (nSPS) is 10.4. The number of aromatic nitrogens is 2. The molecule has 0 saturated carbocycles. The number of fused-ring (bicyclic) bond motifs is 1. The molecule has 24 heavy (non-hydrogen) atoms. The Kier molecular flexibility index (Phi) is 6.94. The van der Waals surface area contributed by atoms with Crippen LogP contribution in [0.1, 0.15) is 13.3 Å². The average Bonchev–Trinajstić information content (AvgIpc) is 3.05. The summed E-state index contributed by atoms with van der Waals surface area (Å²) in [5.74, 6) is -1.23. The largest absolute Gasteiger partial charge is 0.455 e. The van der Waals surface area contributed by atoms with Gasteiger partial charge in [-0.2, -0.15) is 0 Å². The van der Waals surface area contributed by atoms with Crippen molar-refractivity contribution in [2.75, 3.05) is 18.9 Å². The SMILES string of the molecule is CCCNC(=O)NC(=O)COC(=O)CSc1ncnc2sccc12. The molecule has 0 aliphatic carbocycles. The van der Waals surface area contributed by atoms with Crippen LogP contribution in [0.25, 0.3) is 10.2 Å². The number of hydrogen-bond donors (Lipinski definition) is 2. The minimum absolute atomic E-state index is 0.0112. The van der Waals surface area contributed by atoms with Gasteiger partial charge in [-0.1, -0.05) is 18.7 Å². The van der Waals surface area contributed by atoms with Crippen molar-refractivity contribution in [2.45, 2.75) is 18.4 Å². The van der Waals surface area contributed by atoms with E-state index < -0.39 is 24.5 Å². The summed E-state index contributed by atoms with van der Waals surface area (Å²) in [7, 11) is 0. The molecule has 0 aliphatic heterocycles. The number of nitrogens with one attached hydrogen (secondary N) is 2. The molecule has 3 amide bonds. The molecule has 10 heteroatoms. The van der Waals surface area contributed by atoms with Crippen LogP contribution >= 0.6 is 23.1 Å². The van der Waals surface area contributed by atoms with E-state index in [-0.39, 0.29) is 5.75 Å². The number of carbonyl (C=O) groups is 3. The molecule has 2 N–H and O–H groups in total. The zero-order valence-electron chi connectivity index (χ0n) is 12.9. The summed E-state index contributed by atoms with van der Waals surface area (Å²) in [6.07, 6.45) is 2.20. The Bertz CT molecular complexity index is 734.